The van der Waals surface area contributed by atoms with Crippen molar-refractivity contribution in [2.45, 2.75) is 58.6 Å². The van der Waals surface area contributed by atoms with Crippen LogP contribution in [0.25, 0.3) is 0 Å². The molecule has 3 nitrogen and oxygen atoms in total. The Hall–Kier alpha value is -0.920. The highest BCUT2D eigenvalue weighted by atomic mass is 32.3. The zero-order valence-corrected chi connectivity index (χ0v) is 18.9. The highest BCUT2D eigenvalue weighted by Gasteiger charge is 2.30. The fraction of sp³-hybridized carbons (Fsp3) is 0.700. The number of hydrogen-bond donors (Lipinski definition) is 2. The van der Waals surface area contributed by atoms with E-state index in [2.05, 4.69) is 39.5 Å². The Balaban J connectivity index is 0. The van der Waals surface area contributed by atoms with E-state index in [4.69, 9.17) is 14.9 Å². The molecule has 1 atom stereocenters. The van der Waals surface area contributed by atoms with Crippen LogP contribution in [0, 0.1) is 6.92 Å². The second-order valence-electron chi connectivity index (χ2n) is 7.57. The lowest BCUT2D eigenvalue weighted by Crippen LogP contribution is -2.21. The van der Waals surface area contributed by atoms with Crippen molar-refractivity contribution >= 4 is 10.0 Å². The van der Waals surface area contributed by atoms with E-state index in [1.807, 2.05) is 13.8 Å². The third-order valence-electron chi connectivity index (χ3n) is 3.98. The second-order valence-corrected chi connectivity index (χ2v) is 12.5. The van der Waals surface area contributed by atoms with Gasteiger partial charge in [-0.3, -0.25) is 0 Å². The zero-order chi connectivity index (χ0) is 22.1. The summed E-state index contributed by atoms with van der Waals surface area (Å²) < 4.78 is 42.7. The van der Waals surface area contributed by atoms with Gasteiger partial charge in [-0.1, -0.05) is 34.6 Å². The first-order chi connectivity index (χ1) is 12.1. The molecule has 1 aromatic carbocycles. The smallest absolute Gasteiger partial charge is 0.416 e. The van der Waals surface area contributed by atoms with Gasteiger partial charge in [-0.25, -0.2) is 10.0 Å². The molecule has 0 fully saturated rings. The van der Waals surface area contributed by atoms with Crippen LogP contribution in [-0.2, 0) is 6.18 Å². The average Bonchev–Trinajstić information content (AvgIpc) is 2.53. The molecule has 0 aliphatic rings. The molecule has 0 saturated carbocycles. The molecule has 0 saturated heterocycles. The topological polar surface area (TPSA) is 49.7 Å². The molecule has 0 heterocycles. The Morgan fingerprint density at radius 3 is 1.81 bits per heavy atom. The number of aryl methyl sites for hydroxylation is 1. The molecular weight excluding hydrogens is 377 g/mol. The van der Waals surface area contributed by atoms with Gasteiger partial charge in [0.25, 0.3) is 0 Å². The Morgan fingerprint density at radius 2 is 1.52 bits per heavy atom. The van der Waals surface area contributed by atoms with Gasteiger partial charge in [0, 0.05) is 0 Å². The molecule has 0 aliphatic carbocycles. The molecule has 162 valence electrons. The maximum absolute atomic E-state index is 12.4. The quantitative estimate of drug-likeness (QED) is 0.707. The maximum Gasteiger partial charge on any atom is 0.416 e. The van der Waals surface area contributed by atoms with E-state index >= 15 is 0 Å². The Kier molecular flexibility index (Phi) is 12.4. The van der Waals surface area contributed by atoms with Gasteiger partial charge in [0.2, 0.25) is 0 Å². The minimum Gasteiger partial charge on any atom is -0.491 e. The molecular formula is C20H37F3O3S. The zero-order valence-electron chi connectivity index (χ0n) is 18.1. The summed E-state index contributed by atoms with van der Waals surface area (Å²) in [5.74, 6) is 0.255. The number of alkyl halides is 3. The lowest BCUT2D eigenvalue weighted by atomic mass is 10.1. The molecule has 0 aromatic heterocycles. The van der Waals surface area contributed by atoms with Gasteiger partial charge in [-0.05, 0) is 54.2 Å². The lowest BCUT2D eigenvalue weighted by Gasteiger charge is -2.40. The number of aliphatic hydroxyl groups is 2. The van der Waals surface area contributed by atoms with E-state index in [0.29, 0.717) is 10.3 Å². The minimum atomic E-state index is -4.38. The van der Waals surface area contributed by atoms with Crippen molar-refractivity contribution in [2.24, 2.45) is 0 Å². The summed E-state index contributed by atoms with van der Waals surface area (Å²) >= 11 is 0. The molecule has 1 unspecified atom stereocenters. The molecule has 0 spiro atoms. The van der Waals surface area contributed by atoms with Crippen LogP contribution < -0.4 is 4.74 Å². The van der Waals surface area contributed by atoms with Gasteiger partial charge in [-0.15, -0.1) is 0 Å². The number of ether oxygens (including phenoxy) is 1. The van der Waals surface area contributed by atoms with Gasteiger partial charge >= 0.3 is 6.18 Å². The first kappa shape index (κ1) is 28.3. The largest absolute Gasteiger partial charge is 0.491 e. The third kappa shape index (κ3) is 11.5. The van der Waals surface area contributed by atoms with Crippen molar-refractivity contribution in [1.82, 2.24) is 0 Å². The van der Waals surface area contributed by atoms with Gasteiger partial charge in [0.05, 0.1) is 12.2 Å². The summed E-state index contributed by atoms with van der Waals surface area (Å²) in [4.78, 5) is 0. The van der Waals surface area contributed by atoms with E-state index < -0.39 is 24.5 Å². The molecule has 0 bridgehead atoms. The van der Waals surface area contributed by atoms with Gasteiger partial charge in [0.1, 0.15) is 18.5 Å². The highest BCUT2D eigenvalue weighted by molar-refractivity contribution is 8.33. The van der Waals surface area contributed by atoms with Crippen molar-refractivity contribution in [3.8, 4) is 5.75 Å². The summed E-state index contributed by atoms with van der Waals surface area (Å²) in [6.45, 7) is 11.8. The Labute approximate surface area is 164 Å². The molecule has 0 radical (unpaired) electrons. The highest BCUT2D eigenvalue weighted by Crippen LogP contribution is 2.48. The van der Waals surface area contributed by atoms with Crippen LogP contribution in [0.3, 0.4) is 0 Å². The number of rotatable bonds is 4. The predicted molar refractivity (Wildman–Crippen MR) is 111 cm³/mol. The summed E-state index contributed by atoms with van der Waals surface area (Å²) in [6.07, 6.45) is 1.64. The summed E-state index contributed by atoms with van der Waals surface area (Å²) in [7, 11) is -0.340. The van der Waals surface area contributed by atoms with Crippen LogP contribution in [0.2, 0.25) is 0 Å². The molecule has 0 aliphatic heterocycles. The number of benzene rings is 1. The van der Waals surface area contributed by atoms with Crippen LogP contribution in [0.5, 0.6) is 5.75 Å². The van der Waals surface area contributed by atoms with Crippen LogP contribution in [0.1, 0.15) is 45.7 Å². The van der Waals surface area contributed by atoms with E-state index in [0.717, 1.165) is 12.1 Å². The van der Waals surface area contributed by atoms with Gasteiger partial charge in [0.15, 0.2) is 0 Å². The second kappa shape index (κ2) is 11.8. The first-order valence-electron chi connectivity index (χ1n) is 8.87. The van der Waals surface area contributed by atoms with Crippen LogP contribution in [-0.4, -0.2) is 53.0 Å². The molecule has 1 aromatic rings. The van der Waals surface area contributed by atoms with Gasteiger partial charge in [-0.2, -0.15) is 13.2 Å². The molecule has 7 heteroatoms. The normalized spacial score (nSPS) is 13.6. The average molecular weight is 415 g/mol. The Morgan fingerprint density at radius 1 is 1.07 bits per heavy atom. The molecule has 0 amide bonds. The van der Waals surface area contributed by atoms with Crippen molar-refractivity contribution < 1.29 is 28.1 Å². The maximum atomic E-state index is 12.4. The van der Waals surface area contributed by atoms with E-state index in [1.165, 1.54) is 13.0 Å². The van der Waals surface area contributed by atoms with Gasteiger partial charge < -0.3 is 14.9 Å². The summed E-state index contributed by atoms with van der Waals surface area (Å²) in [5.41, 5.74) is -0.421. The molecule has 1 rings (SSSR count). The molecule has 27 heavy (non-hydrogen) atoms. The van der Waals surface area contributed by atoms with Crippen molar-refractivity contribution in [1.29, 1.82) is 0 Å². The standard InChI is InChI=1S/C11H13F3O3.C7H18S.C2H6/c1-7-4-8(11(12,13)14)2-3-10(7)17-6-9(16)5-15;1-7(2,3)8(4,5)6;1-2/h2-4,9,15-16H,5-6H2,1H3;1-6H3;1-2H3. The molecule has 2 N–H and O–H groups in total. The van der Waals surface area contributed by atoms with Crippen LogP contribution >= 0.6 is 10.0 Å². The summed E-state index contributed by atoms with van der Waals surface area (Å²) in [5, 5.41) is 17.6. The van der Waals surface area contributed by atoms with E-state index in [1.54, 1.807) is 0 Å². The van der Waals surface area contributed by atoms with Crippen LogP contribution in [0.15, 0.2) is 18.2 Å². The van der Waals surface area contributed by atoms with E-state index in [-0.39, 0.29) is 22.4 Å². The fourth-order valence-corrected chi connectivity index (χ4v) is 1.23. The number of hydrogen-bond acceptors (Lipinski definition) is 3. The van der Waals surface area contributed by atoms with Crippen LogP contribution in [0.4, 0.5) is 13.2 Å². The first-order valence-corrected chi connectivity index (χ1v) is 11.7. The number of halogens is 3. The Bertz CT molecular complexity index is 521. The third-order valence-corrected chi connectivity index (χ3v) is 7.66. The monoisotopic (exact) mass is 414 g/mol. The van der Waals surface area contributed by atoms with Crippen molar-refractivity contribution in [3.05, 3.63) is 29.3 Å². The SMILES string of the molecule is CC.CC(C)(C)S(C)(C)C.Cc1cc(C(F)(F)F)ccc1OCC(O)CO. The van der Waals surface area contributed by atoms with Crippen molar-refractivity contribution in [3.63, 3.8) is 0 Å². The minimum absolute atomic E-state index is 0.164. The summed E-state index contributed by atoms with van der Waals surface area (Å²) in [6, 6.07) is 3.08. The predicted octanol–water partition coefficient (Wildman–Crippen LogP) is 5.25. The number of aliphatic hydroxyl groups excluding tert-OH is 2. The van der Waals surface area contributed by atoms with E-state index in [9.17, 15) is 13.2 Å². The fourth-order valence-electron chi connectivity index (χ4n) is 1.23. The lowest BCUT2D eigenvalue weighted by molar-refractivity contribution is -0.137. The van der Waals surface area contributed by atoms with Crippen molar-refractivity contribution in [2.75, 3.05) is 32.0 Å².